The van der Waals surface area contributed by atoms with Crippen molar-refractivity contribution < 1.29 is 28.7 Å². The number of phosphoric ester groups is 1. The number of nitrogen functional groups attached to an aromatic ring is 1. The van der Waals surface area contributed by atoms with Gasteiger partial charge in [-0.2, -0.15) is 4.98 Å². The van der Waals surface area contributed by atoms with Crippen molar-refractivity contribution in [2.75, 3.05) is 12.3 Å². The number of rotatable bonds is 4. The van der Waals surface area contributed by atoms with E-state index in [1.54, 1.807) is 0 Å². The van der Waals surface area contributed by atoms with Gasteiger partial charge in [-0.25, -0.2) is 4.98 Å². The molecule has 15 heteroatoms. The molecule has 0 saturated carbocycles. The van der Waals surface area contributed by atoms with Crippen LogP contribution in [0.3, 0.4) is 0 Å². The number of ether oxygens (including phenoxy) is 1. The minimum atomic E-state index is -5.16. The molecule has 0 aliphatic carbocycles. The van der Waals surface area contributed by atoms with Crippen LogP contribution in [-0.2, 0) is 13.8 Å². The zero-order valence-corrected chi connectivity index (χ0v) is 14.4. The molecule has 3 rings (SSSR count). The highest BCUT2D eigenvalue weighted by Gasteiger charge is 2.36. The van der Waals surface area contributed by atoms with Gasteiger partial charge in [0.05, 0.1) is 26.9 Å². The fourth-order valence-electron chi connectivity index (χ4n) is 2.35. The molecule has 14 nitrogen and oxygen atoms in total. The lowest BCUT2D eigenvalue weighted by Crippen LogP contribution is -2.29. The lowest BCUT2D eigenvalue weighted by Gasteiger charge is -2.30. The maximum atomic E-state index is 11.7. The molecule has 12 N–H and O–H groups in total. The van der Waals surface area contributed by atoms with E-state index < -0.39 is 38.4 Å². The molecular weight excluding hydrogens is 361 g/mol. The van der Waals surface area contributed by atoms with Crippen LogP contribution in [0.5, 0.6) is 0 Å². The smallest absolute Gasteiger partial charge is 0.280 e. The molecule has 3 heterocycles. The number of nitrogens with two attached hydrogens (primary N) is 1. The van der Waals surface area contributed by atoms with E-state index >= 15 is 0 Å². The number of phosphoric acid groups is 1. The molecule has 142 valence electrons. The van der Waals surface area contributed by atoms with Gasteiger partial charge >= 0.3 is 0 Å². The lowest BCUT2D eigenvalue weighted by molar-refractivity contribution is -0.343. The number of H-pyrrole nitrogens is 1. The van der Waals surface area contributed by atoms with E-state index in [0.717, 1.165) is 0 Å². The summed E-state index contributed by atoms with van der Waals surface area (Å²) < 4.78 is 21.5. The fraction of sp³-hybridized carbons (Fsp3) is 0.500. The number of aliphatic hydroxyl groups excluding tert-OH is 1. The molecule has 0 unspecified atom stereocenters. The second-order valence-corrected chi connectivity index (χ2v) is 6.10. The predicted octanol–water partition coefficient (Wildman–Crippen LogP) is -2.05. The summed E-state index contributed by atoms with van der Waals surface area (Å²) in [6, 6.07) is 0. The summed E-state index contributed by atoms with van der Waals surface area (Å²) in [5, 5.41) is 9.89. The van der Waals surface area contributed by atoms with Gasteiger partial charge in [0, 0.05) is 6.42 Å². The number of anilines is 1. The molecule has 1 aliphatic rings. The van der Waals surface area contributed by atoms with E-state index in [0.29, 0.717) is 0 Å². The number of quaternary nitrogens is 2. The Morgan fingerprint density at radius 1 is 1.52 bits per heavy atom. The third-order valence-corrected chi connectivity index (χ3v) is 3.83. The van der Waals surface area contributed by atoms with Crippen LogP contribution >= 0.6 is 7.82 Å². The van der Waals surface area contributed by atoms with Crippen LogP contribution in [0.15, 0.2) is 11.1 Å². The Morgan fingerprint density at radius 2 is 2.20 bits per heavy atom. The molecular formula is C10H20N7O7P. The average molecular weight is 381 g/mol. The van der Waals surface area contributed by atoms with E-state index in [9.17, 15) is 24.3 Å². The average Bonchev–Trinajstić information content (AvgIpc) is 2.99. The summed E-state index contributed by atoms with van der Waals surface area (Å²) in [6.45, 7) is -0.606. The summed E-state index contributed by atoms with van der Waals surface area (Å²) in [4.78, 5) is 42.8. The third-order valence-electron chi connectivity index (χ3n) is 3.36. The minimum Gasteiger partial charge on any atom is -0.790 e. The van der Waals surface area contributed by atoms with Crippen molar-refractivity contribution in [3.63, 3.8) is 0 Å². The molecule has 0 radical (unpaired) electrons. The minimum absolute atomic E-state index is 0. The number of aromatic amines is 1. The molecule has 2 aromatic heterocycles. The highest BCUT2D eigenvalue weighted by molar-refractivity contribution is 7.43. The van der Waals surface area contributed by atoms with Crippen LogP contribution in [-0.4, -0.2) is 43.4 Å². The summed E-state index contributed by atoms with van der Waals surface area (Å²) in [5.41, 5.74) is 5.16. The molecule has 3 atom stereocenters. The van der Waals surface area contributed by atoms with Crippen LogP contribution < -0.4 is 33.4 Å². The van der Waals surface area contributed by atoms with Gasteiger partial charge in [0.1, 0.15) is 12.3 Å². The van der Waals surface area contributed by atoms with Crippen molar-refractivity contribution in [2.45, 2.75) is 24.9 Å². The third kappa shape index (κ3) is 4.39. The summed E-state index contributed by atoms with van der Waals surface area (Å²) in [6.07, 6.45) is -1.50. The zero-order chi connectivity index (χ0) is 16.8. The standard InChI is InChI=1S/C10H14N5O7P.2H3N/c11-10-13-8-7(9(17)14-10)12-3-15(8)6-1-4(16)5(22-6)2-21-23(18,19)20;;/h3-6,16H,1-2H2,(H2,18,19,20)(H3,11,13,14,17);2*1H3/t4-,5+,6+;;/m0../s1. The largest absolute Gasteiger partial charge is 0.790 e. The number of hydrogen-bond acceptors (Lipinski definition) is 10. The molecule has 0 amide bonds. The molecule has 1 fully saturated rings. The highest BCUT2D eigenvalue weighted by Crippen LogP contribution is 2.33. The molecule has 1 aliphatic heterocycles. The number of nitrogens with zero attached hydrogens (tertiary/aromatic N) is 3. The van der Waals surface area contributed by atoms with E-state index in [1.165, 1.54) is 10.9 Å². The van der Waals surface area contributed by atoms with Gasteiger partial charge < -0.3 is 46.8 Å². The van der Waals surface area contributed by atoms with Crippen molar-refractivity contribution in [3.8, 4) is 0 Å². The van der Waals surface area contributed by atoms with E-state index in [1.807, 2.05) is 0 Å². The zero-order valence-electron chi connectivity index (χ0n) is 13.5. The first-order valence-electron chi connectivity index (χ1n) is 6.47. The van der Waals surface area contributed by atoms with Crippen molar-refractivity contribution >= 4 is 24.9 Å². The summed E-state index contributed by atoms with van der Waals surface area (Å²) >= 11 is 0. The molecule has 1 saturated heterocycles. The maximum Gasteiger partial charge on any atom is 0.280 e. The normalized spacial score (nSPS) is 23.2. The summed E-state index contributed by atoms with van der Waals surface area (Å²) in [5.74, 6) is -0.110. The van der Waals surface area contributed by atoms with Crippen molar-refractivity contribution in [1.29, 1.82) is 0 Å². The second kappa shape index (κ2) is 7.55. The van der Waals surface area contributed by atoms with Crippen molar-refractivity contribution in [3.05, 3.63) is 16.7 Å². The van der Waals surface area contributed by atoms with Crippen LogP contribution in [0, 0.1) is 0 Å². The fourth-order valence-corrected chi connectivity index (χ4v) is 2.68. The monoisotopic (exact) mass is 381 g/mol. The molecule has 0 spiro atoms. The quantitative estimate of drug-likeness (QED) is 0.361. The Balaban J connectivity index is 0.00000156. The molecule has 25 heavy (non-hydrogen) atoms. The maximum absolute atomic E-state index is 11.7. The first kappa shape index (κ1) is 21.1. The highest BCUT2D eigenvalue weighted by atomic mass is 31.2. The van der Waals surface area contributed by atoms with Gasteiger partial charge in [0.25, 0.3) is 5.56 Å². The summed E-state index contributed by atoms with van der Waals surface area (Å²) in [7, 11) is -5.16. The Hall–Kier alpha value is -1.90. The van der Waals surface area contributed by atoms with Gasteiger partial charge in [-0.05, 0) is 0 Å². The number of aliphatic hydroxyl groups is 1. The Labute approximate surface area is 140 Å². The van der Waals surface area contributed by atoms with Gasteiger partial charge in [-0.3, -0.25) is 14.3 Å². The van der Waals surface area contributed by atoms with Crippen LogP contribution in [0.25, 0.3) is 11.2 Å². The predicted molar refractivity (Wildman–Crippen MR) is 82.6 cm³/mol. The first-order chi connectivity index (χ1) is 10.7. The van der Waals surface area contributed by atoms with E-state index in [-0.39, 0.29) is 35.8 Å². The Bertz CT molecular complexity index is 833. The van der Waals surface area contributed by atoms with Gasteiger partial charge in [0.15, 0.2) is 11.2 Å². The van der Waals surface area contributed by atoms with Gasteiger partial charge in [0.2, 0.25) is 5.95 Å². The Kier molecular flexibility index (Phi) is 6.39. The second-order valence-electron chi connectivity index (χ2n) is 4.95. The molecule has 0 aromatic carbocycles. The van der Waals surface area contributed by atoms with Crippen LogP contribution in [0.2, 0.25) is 0 Å². The number of fused-ring (bicyclic) bond motifs is 1. The number of aromatic nitrogens is 4. The Morgan fingerprint density at radius 3 is 2.84 bits per heavy atom. The number of nitrogens with one attached hydrogen (secondary N) is 1. The van der Waals surface area contributed by atoms with Crippen LogP contribution in [0.4, 0.5) is 5.95 Å². The topological polar surface area (TPSA) is 264 Å². The van der Waals surface area contributed by atoms with E-state index in [4.69, 9.17) is 10.5 Å². The van der Waals surface area contributed by atoms with Crippen molar-refractivity contribution in [2.24, 2.45) is 0 Å². The number of hydrogen-bond donors (Lipinski definition) is 5. The SMILES string of the molecule is Nc1nc2c(ncn2[C@H]2C[C@H](O)[C@@H](COP(=O)([O-])[O-])O2)c(=O)[nH]1.[NH4+].[NH4+]. The van der Waals surface area contributed by atoms with Crippen LogP contribution in [0.1, 0.15) is 12.6 Å². The van der Waals surface area contributed by atoms with E-state index in [2.05, 4.69) is 19.5 Å². The molecule has 0 bridgehead atoms. The van der Waals surface area contributed by atoms with Gasteiger partial charge in [-0.15, -0.1) is 0 Å². The van der Waals surface area contributed by atoms with Gasteiger partial charge in [-0.1, -0.05) is 0 Å². The number of imidazole rings is 1. The first-order valence-corrected chi connectivity index (χ1v) is 7.93. The van der Waals surface area contributed by atoms with Crippen molar-refractivity contribution in [1.82, 2.24) is 31.8 Å². The lowest BCUT2D eigenvalue weighted by atomic mass is 10.2. The molecule has 2 aromatic rings.